The summed E-state index contributed by atoms with van der Waals surface area (Å²) in [4.78, 5) is 9.26. The van der Waals surface area contributed by atoms with E-state index in [1.165, 1.54) is 230 Å². The van der Waals surface area contributed by atoms with Crippen molar-refractivity contribution in [3.8, 4) is 0 Å². The molecular weight excluding hydrogens is 538 g/mol. The molecule has 266 valence electrons. The Balaban J connectivity index is 0. The Morgan fingerprint density at radius 1 is 0.364 bits per heavy atom. The van der Waals surface area contributed by atoms with Crippen molar-refractivity contribution in [1.82, 2.24) is 0 Å². The molecule has 0 saturated heterocycles. The summed E-state index contributed by atoms with van der Waals surface area (Å²) in [5.41, 5.74) is 0. The number of carboxylic acid groups (broad SMARTS) is 1. The van der Waals surface area contributed by atoms with Crippen molar-refractivity contribution in [3.05, 3.63) is 0 Å². The number of hydrogen-bond donors (Lipinski definition) is 0. The van der Waals surface area contributed by atoms with Crippen LogP contribution in [0.3, 0.4) is 0 Å². The summed E-state index contributed by atoms with van der Waals surface area (Å²) in [6.07, 6.45) is 47.0. The third-order valence-electron chi connectivity index (χ3n) is 9.52. The predicted octanol–water partition coefficient (Wildman–Crippen LogP) is 12.7. The molecule has 0 rings (SSSR count). The first-order chi connectivity index (χ1) is 21.4. The van der Waals surface area contributed by atoms with Gasteiger partial charge in [0.05, 0.1) is 27.2 Å². The molecule has 0 aromatic rings. The average Bonchev–Trinajstić information content (AvgIpc) is 3.00. The number of carbonyl (C=O) groups is 1. The molecule has 0 unspecified atom stereocenters. The summed E-state index contributed by atoms with van der Waals surface area (Å²) in [5.74, 6) is -0.995. The molecule has 0 amide bonds. The zero-order valence-corrected chi connectivity index (χ0v) is 31.5. The van der Waals surface area contributed by atoms with E-state index in [0.29, 0.717) is 0 Å². The van der Waals surface area contributed by atoms with Gasteiger partial charge in [-0.3, -0.25) is 0 Å². The van der Waals surface area contributed by atoms with Gasteiger partial charge in [-0.25, -0.2) is 0 Å². The van der Waals surface area contributed by atoms with E-state index < -0.39 is 5.97 Å². The number of unbranched alkanes of at least 4 members (excludes halogenated alkanes) is 30. The second-order valence-electron chi connectivity index (χ2n) is 14.7. The molecule has 44 heavy (non-hydrogen) atoms. The van der Waals surface area contributed by atoms with Crippen molar-refractivity contribution in [1.29, 1.82) is 0 Å². The van der Waals surface area contributed by atoms with Crippen molar-refractivity contribution in [2.45, 2.75) is 233 Å². The van der Waals surface area contributed by atoms with Gasteiger partial charge < -0.3 is 14.4 Å². The van der Waals surface area contributed by atoms with Crippen LogP contribution in [0.2, 0.25) is 0 Å². The van der Waals surface area contributed by atoms with Crippen LogP contribution >= 0.6 is 0 Å². The van der Waals surface area contributed by atoms with Crippen LogP contribution < -0.4 is 5.11 Å². The summed E-state index contributed by atoms with van der Waals surface area (Å²) < 4.78 is 1.25. The van der Waals surface area contributed by atoms with E-state index in [1.807, 2.05) is 0 Å². The number of carboxylic acids is 1. The van der Waals surface area contributed by atoms with E-state index in [-0.39, 0.29) is 6.42 Å². The van der Waals surface area contributed by atoms with Crippen LogP contribution in [-0.4, -0.2) is 37.6 Å². The number of aliphatic carboxylic acids is 1. The summed E-state index contributed by atoms with van der Waals surface area (Å²) >= 11 is 0. The van der Waals surface area contributed by atoms with Crippen molar-refractivity contribution in [2.24, 2.45) is 0 Å². The van der Waals surface area contributed by atoms with Gasteiger partial charge in [-0.1, -0.05) is 201 Å². The lowest BCUT2D eigenvalue weighted by molar-refractivity contribution is -0.890. The van der Waals surface area contributed by atoms with E-state index in [4.69, 9.17) is 0 Å². The van der Waals surface area contributed by atoms with Gasteiger partial charge in [0, 0.05) is 5.97 Å². The first-order valence-corrected chi connectivity index (χ1v) is 20.4. The molecule has 0 aliphatic rings. The van der Waals surface area contributed by atoms with E-state index in [2.05, 4.69) is 27.9 Å². The SMILES string of the molecule is CCC(=O)[O-].CCCCCCCCCCCCCCCCCC[N+](C)(C)CCCCCCCCCCCCCCCCCC. The van der Waals surface area contributed by atoms with Gasteiger partial charge in [0.2, 0.25) is 0 Å². The maximum atomic E-state index is 9.26. The first kappa shape index (κ1) is 45.6. The zero-order chi connectivity index (χ0) is 32.8. The first-order valence-electron chi connectivity index (χ1n) is 20.4. The van der Waals surface area contributed by atoms with Gasteiger partial charge in [0.25, 0.3) is 0 Å². The van der Waals surface area contributed by atoms with Gasteiger partial charge in [0.15, 0.2) is 0 Å². The van der Waals surface area contributed by atoms with Crippen LogP contribution in [0.15, 0.2) is 0 Å². The molecule has 0 fully saturated rings. The lowest BCUT2D eigenvalue weighted by atomic mass is 10.0. The van der Waals surface area contributed by atoms with Crippen LogP contribution in [0.1, 0.15) is 233 Å². The van der Waals surface area contributed by atoms with Gasteiger partial charge >= 0.3 is 0 Å². The lowest BCUT2D eigenvalue weighted by Gasteiger charge is -2.30. The fourth-order valence-corrected chi connectivity index (χ4v) is 6.29. The molecule has 0 aliphatic carbocycles. The number of carbonyl (C=O) groups excluding carboxylic acids is 1. The molecule has 0 heterocycles. The second-order valence-corrected chi connectivity index (χ2v) is 14.7. The average molecular weight is 624 g/mol. The highest BCUT2D eigenvalue weighted by molar-refractivity contribution is 5.63. The van der Waals surface area contributed by atoms with Crippen LogP contribution in [0.4, 0.5) is 0 Å². The molecule has 0 bridgehead atoms. The Bertz CT molecular complexity index is 495. The van der Waals surface area contributed by atoms with Crippen molar-refractivity contribution in [2.75, 3.05) is 27.2 Å². The summed E-state index contributed by atoms with van der Waals surface area (Å²) in [5, 5.41) is 9.26. The minimum absolute atomic E-state index is 0.111. The topological polar surface area (TPSA) is 40.1 Å². The Hall–Kier alpha value is -0.570. The Morgan fingerprint density at radius 3 is 0.682 bits per heavy atom. The van der Waals surface area contributed by atoms with E-state index in [9.17, 15) is 9.90 Å². The fourth-order valence-electron chi connectivity index (χ4n) is 6.29. The third kappa shape index (κ3) is 43.6. The van der Waals surface area contributed by atoms with Crippen molar-refractivity contribution < 1.29 is 14.4 Å². The van der Waals surface area contributed by atoms with Crippen LogP contribution in [-0.2, 0) is 4.79 Å². The predicted molar refractivity (Wildman–Crippen MR) is 196 cm³/mol. The quantitative estimate of drug-likeness (QED) is 0.0520. The number of nitrogens with zero attached hydrogens (tertiary/aromatic N) is 1. The number of rotatable bonds is 35. The molecule has 3 heteroatoms. The highest BCUT2D eigenvalue weighted by Crippen LogP contribution is 2.16. The second kappa shape index (κ2) is 38.6. The third-order valence-corrected chi connectivity index (χ3v) is 9.52. The highest BCUT2D eigenvalue weighted by Gasteiger charge is 2.13. The number of quaternary nitrogens is 1. The largest absolute Gasteiger partial charge is 0.550 e. The molecule has 0 saturated carbocycles. The Kier molecular flexibility index (Phi) is 40.0. The normalized spacial score (nSPS) is 11.5. The van der Waals surface area contributed by atoms with Crippen LogP contribution in [0.25, 0.3) is 0 Å². The molecule has 0 atom stereocenters. The fraction of sp³-hybridized carbons (Fsp3) is 0.976. The molecule has 0 N–H and O–H groups in total. The highest BCUT2D eigenvalue weighted by atomic mass is 16.4. The standard InChI is InChI=1S/C38H80N.C3H6O2/c1-5-7-9-11-13-15-17-19-21-23-25-27-29-31-33-35-37-39(3,4)38-36-34-32-30-28-26-24-22-20-18-16-14-12-10-8-6-2;1-2-3(4)5/h5-38H2,1-4H3;2H2,1H3,(H,4,5)/q+1;/p-1. The van der Waals surface area contributed by atoms with E-state index >= 15 is 0 Å². The van der Waals surface area contributed by atoms with Gasteiger partial charge in [-0.15, -0.1) is 0 Å². The minimum Gasteiger partial charge on any atom is -0.550 e. The summed E-state index contributed by atoms with van der Waals surface area (Å²) in [6.45, 7) is 8.93. The number of hydrogen-bond acceptors (Lipinski definition) is 2. The molecular formula is C41H85NO2. The maximum absolute atomic E-state index is 9.26. The summed E-state index contributed by atoms with van der Waals surface area (Å²) in [6, 6.07) is 0. The van der Waals surface area contributed by atoms with E-state index in [0.717, 1.165) is 0 Å². The minimum atomic E-state index is -0.995. The molecule has 0 aromatic heterocycles. The smallest absolute Gasteiger partial charge is 0.0782 e. The molecule has 0 spiro atoms. The van der Waals surface area contributed by atoms with Gasteiger partial charge in [-0.2, -0.15) is 0 Å². The van der Waals surface area contributed by atoms with Crippen LogP contribution in [0.5, 0.6) is 0 Å². The van der Waals surface area contributed by atoms with Gasteiger partial charge in [-0.05, 0) is 32.1 Å². The Morgan fingerprint density at radius 2 is 0.523 bits per heavy atom. The monoisotopic (exact) mass is 624 g/mol. The zero-order valence-electron chi connectivity index (χ0n) is 31.5. The van der Waals surface area contributed by atoms with Crippen LogP contribution in [0, 0.1) is 0 Å². The molecule has 0 aromatic carbocycles. The maximum Gasteiger partial charge on any atom is 0.0782 e. The molecule has 3 nitrogen and oxygen atoms in total. The Labute approximate surface area is 279 Å². The lowest BCUT2D eigenvalue weighted by Crippen LogP contribution is -2.41. The van der Waals surface area contributed by atoms with E-state index in [1.54, 1.807) is 0 Å². The van der Waals surface area contributed by atoms with Crippen molar-refractivity contribution in [3.63, 3.8) is 0 Å². The molecule has 0 aliphatic heterocycles. The summed E-state index contributed by atoms with van der Waals surface area (Å²) in [7, 11) is 4.94. The van der Waals surface area contributed by atoms with Crippen molar-refractivity contribution >= 4 is 5.97 Å². The van der Waals surface area contributed by atoms with Gasteiger partial charge in [0.1, 0.15) is 0 Å². The molecule has 0 radical (unpaired) electrons.